The Morgan fingerprint density at radius 3 is 1.51 bits per heavy atom. The smallest absolute Gasteiger partial charge is 0.238 e. The Kier molecular flexibility index (Phi) is 7.76. The molecule has 11 aromatic rings. The summed E-state index contributed by atoms with van der Waals surface area (Å²) in [5.74, 6) is 1.73. The Morgan fingerprint density at radius 1 is 0.386 bits per heavy atom. The van der Waals surface area contributed by atoms with Crippen LogP contribution in [0.4, 0.5) is 0 Å². The van der Waals surface area contributed by atoms with Crippen molar-refractivity contribution in [1.29, 1.82) is 0 Å². The summed E-state index contributed by atoms with van der Waals surface area (Å²) >= 11 is 0. The van der Waals surface area contributed by atoms with Crippen molar-refractivity contribution in [3.05, 3.63) is 206 Å². The maximum Gasteiger partial charge on any atom is 0.238 e. The van der Waals surface area contributed by atoms with Crippen LogP contribution in [0.5, 0.6) is 0 Å². The molecule has 3 heterocycles. The van der Waals surface area contributed by atoms with Crippen LogP contribution in [0.2, 0.25) is 0 Å². The van der Waals surface area contributed by atoms with Crippen LogP contribution in [0, 0.1) is 0 Å². The lowest BCUT2D eigenvalue weighted by Crippen LogP contribution is -2.74. The van der Waals surface area contributed by atoms with Crippen molar-refractivity contribution in [3.63, 3.8) is 0 Å². The van der Waals surface area contributed by atoms with Gasteiger partial charge in [0.25, 0.3) is 0 Å². The quantitative estimate of drug-likeness (QED) is 0.121. The molecule has 0 aliphatic rings. The van der Waals surface area contributed by atoms with Crippen LogP contribution in [-0.4, -0.2) is 27.6 Å². The molecule has 8 aromatic carbocycles. The topological polar surface area (TPSA) is 56.7 Å². The van der Waals surface area contributed by atoms with Crippen LogP contribution in [0.25, 0.3) is 72.5 Å². The first-order valence-electron chi connectivity index (χ1n) is 19.2. The molecule has 0 fully saturated rings. The molecular formula is C51H34N4OSi. The first-order valence-corrected chi connectivity index (χ1v) is 21.2. The van der Waals surface area contributed by atoms with Gasteiger partial charge in [0, 0.05) is 32.7 Å². The van der Waals surface area contributed by atoms with Gasteiger partial charge in [-0.1, -0.05) is 182 Å². The summed E-state index contributed by atoms with van der Waals surface area (Å²) < 4.78 is 8.53. The Labute approximate surface area is 330 Å². The highest BCUT2D eigenvalue weighted by atomic mass is 28.3. The van der Waals surface area contributed by atoms with Crippen molar-refractivity contribution in [3.8, 4) is 28.7 Å². The van der Waals surface area contributed by atoms with E-state index in [9.17, 15) is 0 Å². The van der Waals surface area contributed by atoms with E-state index in [2.05, 4.69) is 180 Å². The van der Waals surface area contributed by atoms with Crippen molar-refractivity contribution in [2.45, 2.75) is 0 Å². The van der Waals surface area contributed by atoms with Crippen molar-refractivity contribution >= 4 is 72.6 Å². The minimum absolute atomic E-state index is 0.556. The minimum atomic E-state index is -2.83. The van der Waals surface area contributed by atoms with E-state index in [1.807, 2.05) is 30.3 Å². The third kappa shape index (κ3) is 5.26. The molecule has 11 rings (SSSR count). The highest BCUT2D eigenvalue weighted by Gasteiger charge is 2.41. The predicted molar refractivity (Wildman–Crippen MR) is 236 cm³/mol. The number of furan rings is 1. The summed E-state index contributed by atoms with van der Waals surface area (Å²) in [6.45, 7) is 0. The van der Waals surface area contributed by atoms with Crippen molar-refractivity contribution in [1.82, 2.24) is 19.5 Å². The molecule has 0 aliphatic carbocycles. The Hall–Kier alpha value is -7.41. The van der Waals surface area contributed by atoms with Gasteiger partial charge in [0.15, 0.2) is 19.7 Å². The maximum absolute atomic E-state index is 6.35. The Bertz CT molecular complexity index is 3100. The molecule has 0 amide bonds. The number of rotatable bonds is 7. The second-order valence-electron chi connectivity index (χ2n) is 14.4. The Morgan fingerprint density at radius 2 is 0.877 bits per heavy atom. The molecule has 0 N–H and O–H groups in total. The zero-order chi connectivity index (χ0) is 37.8. The van der Waals surface area contributed by atoms with E-state index < -0.39 is 8.07 Å². The number of hydrogen-bond acceptors (Lipinski definition) is 4. The van der Waals surface area contributed by atoms with Gasteiger partial charge in [0.1, 0.15) is 11.2 Å². The molecule has 0 aliphatic heterocycles. The average molecular weight is 747 g/mol. The highest BCUT2D eigenvalue weighted by molar-refractivity contribution is 7.19. The number of fused-ring (bicyclic) bond motifs is 6. The van der Waals surface area contributed by atoms with Crippen LogP contribution in [0.3, 0.4) is 0 Å². The fraction of sp³-hybridized carbons (Fsp3) is 0. The fourth-order valence-electron chi connectivity index (χ4n) is 8.77. The van der Waals surface area contributed by atoms with Crippen LogP contribution in [0.15, 0.2) is 211 Å². The lowest BCUT2D eigenvalue weighted by molar-refractivity contribution is 0.669. The van der Waals surface area contributed by atoms with E-state index in [0.717, 1.165) is 54.9 Å². The molecule has 0 bridgehead atoms. The molecule has 0 saturated heterocycles. The molecule has 57 heavy (non-hydrogen) atoms. The van der Waals surface area contributed by atoms with Gasteiger partial charge < -0.3 is 4.42 Å². The van der Waals surface area contributed by atoms with Gasteiger partial charge >= 0.3 is 0 Å². The second-order valence-corrected chi connectivity index (χ2v) is 18.2. The van der Waals surface area contributed by atoms with Gasteiger partial charge in [-0.15, -0.1) is 0 Å². The van der Waals surface area contributed by atoms with E-state index in [4.69, 9.17) is 19.4 Å². The van der Waals surface area contributed by atoms with Crippen LogP contribution < -0.4 is 20.7 Å². The molecule has 0 radical (unpaired) electrons. The van der Waals surface area contributed by atoms with Gasteiger partial charge in [-0.25, -0.2) is 4.98 Å². The average Bonchev–Trinajstić information content (AvgIpc) is 3.84. The molecule has 3 aromatic heterocycles. The molecular weight excluding hydrogens is 713 g/mol. The van der Waals surface area contributed by atoms with Gasteiger partial charge in [0.2, 0.25) is 5.95 Å². The lowest BCUT2D eigenvalue weighted by Gasteiger charge is -2.34. The summed E-state index contributed by atoms with van der Waals surface area (Å²) in [7, 11) is -2.83. The second kappa shape index (κ2) is 13.4. The predicted octanol–water partition coefficient (Wildman–Crippen LogP) is 9.58. The first kappa shape index (κ1) is 33.0. The van der Waals surface area contributed by atoms with E-state index >= 15 is 0 Å². The zero-order valence-electron chi connectivity index (χ0n) is 30.8. The largest absolute Gasteiger partial charge is 0.456 e. The summed E-state index contributed by atoms with van der Waals surface area (Å²) in [5, 5.41) is 9.45. The summed E-state index contributed by atoms with van der Waals surface area (Å²) in [6, 6.07) is 73.1. The third-order valence-corrected chi connectivity index (χ3v) is 16.0. The normalized spacial score (nSPS) is 11.9. The van der Waals surface area contributed by atoms with Crippen LogP contribution in [0.1, 0.15) is 0 Å². The summed E-state index contributed by atoms with van der Waals surface area (Å²) in [5.41, 5.74) is 5.49. The van der Waals surface area contributed by atoms with Crippen LogP contribution >= 0.6 is 0 Å². The fourth-order valence-corrected chi connectivity index (χ4v) is 13.6. The molecule has 0 saturated carbocycles. The van der Waals surface area contributed by atoms with Crippen molar-refractivity contribution in [2.75, 3.05) is 0 Å². The SMILES string of the molecule is c1ccc([Si](c2ccccc2)(c2ccccc2)c2cccc(-c3nc(-c4cccc5oc6ccccc6c45)nc(-n4c5ccccc5c5ccccc54)n3)c2)cc1. The first-order chi connectivity index (χ1) is 28.3. The number of benzene rings is 8. The van der Waals surface area contributed by atoms with Gasteiger partial charge in [-0.05, 0) is 45.0 Å². The molecule has 5 nitrogen and oxygen atoms in total. The Balaban J connectivity index is 1.21. The lowest BCUT2D eigenvalue weighted by atomic mass is 10.1. The molecule has 0 spiro atoms. The zero-order valence-corrected chi connectivity index (χ0v) is 31.8. The summed E-state index contributed by atoms with van der Waals surface area (Å²) in [4.78, 5) is 16.1. The number of para-hydroxylation sites is 3. The standard InChI is InChI=1S/C51H34N4OSi/c1-4-19-36(20-5-1)57(37-21-6-2-7-22-37,38-23-8-3-9-24-38)39-25-16-18-35(34-39)49-52-50(43-29-17-33-47-48(43)42-28-12-15-32-46(42)56-47)54-51(53-49)55-44-30-13-10-26-40(44)41-27-11-14-31-45(41)55/h1-34H. The number of aromatic nitrogens is 4. The van der Waals surface area contributed by atoms with E-state index in [1.54, 1.807) is 0 Å². The monoisotopic (exact) mass is 746 g/mol. The number of hydrogen-bond donors (Lipinski definition) is 0. The third-order valence-electron chi connectivity index (χ3n) is 11.2. The summed E-state index contributed by atoms with van der Waals surface area (Å²) in [6.07, 6.45) is 0. The van der Waals surface area contributed by atoms with E-state index in [0.29, 0.717) is 17.6 Å². The maximum atomic E-state index is 6.35. The van der Waals surface area contributed by atoms with Gasteiger partial charge in [-0.3, -0.25) is 4.57 Å². The number of nitrogens with zero attached hydrogens (tertiary/aromatic N) is 4. The minimum Gasteiger partial charge on any atom is -0.456 e. The molecule has 0 atom stereocenters. The highest BCUT2D eigenvalue weighted by Crippen LogP contribution is 2.37. The van der Waals surface area contributed by atoms with E-state index in [1.165, 1.54) is 20.7 Å². The van der Waals surface area contributed by atoms with Gasteiger partial charge in [-0.2, -0.15) is 9.97 Å². The van der Waals surface area contributed by atoms with Crippen molar-refractivity contribution in [2.24, 2.45) is 0 Å². The molecule has 0 unspecified atom stereocenters. The molecule has 268 valence electrons. The van der Waals surface area contributed by atoms with E-state index in [-0.39, 0.29) is 0 Å². The van der Waals surface area contributed by atoms with Gasteiger partial charge in [0.05, 0.1) is 11.0 Å². The van der Waals surface area contributed by atoms with Crippen LogP contribution in [-0.2, 0) is 0 Å². The molecule has 6 heteroatoms. The van der Waals surface area contributed by atoms with Crippen molar-refractivity contribution < 1.29 is 4.42 Å².